The van der Waals surface area contributed by atoms with Crippen LogP contribution < -0.4 is 21.9 Å². The Kier molecular flexibility index (Phi) is 7.17. The number of hydrogen-bond acceptors (Lipinski definition) is 6. The second kappa shape index (κ2) is 10.6. The number of carbonyl (C=O) groups is 2. The molecule has 2 heterocycles. The molecule has 2 aromatic carbocycles. The van der Waals surface area contributed by atoms with Gasteiger partial charge < -0.3 is 19.5 Å². The van der Waals surface area contributed by atoms with Crippen LogP contribution in [0.2, 0.25) is 0 Å². The minimum Gasteiger partial charge on any atom is -0.422 e. The molecule has 2 aromatic heterocycles. The van der Waals surface area contributed by atoms with Crippen molar-refractivity contribution in [2.75, 3.05) is 13.1 Å². The summed E-state index contributed by atoms with van der Waals surface area (Å²) in [5.74, 6) is -0.915. The molecule has 0 atom stereocenters. The summed E-state index contributed by atoms with van der Waals surface area (Å²) in [5.41, 5.74) is -0.464. The van der Waals surface area contributed by atoms with Crippen LogP contribution in [0.25, 0.3) is 21.9 Å². The second-order valence-electron chi connectivity index (χ2n) is 7.90. The van der Waals surface area contributed by atoms with Gasteiger partial charge in [0.15, 0.2) is 0 Å². The minimum atomic E-state index is -0.660. The van der Waals surface area contributed by atoms with Crippen molar-refractivity contribution in [2.45, 2.75) is 25.7 Å². The number of rotatable bonds is 9. The van der Waals surface area contributed by atoms with Crippen molar-refractivity contribution in [1.82, 2.24) is 10.6 Å². The van der Waals surface area contributed by atoms with E-state index in [0.717, 1.165) is 25.7 Å². The smallest absolute Gasteiger partial charge is 0.349 e. The molecule has 8 heteroatoms. The lowest BCUT2D eigenvalue weighted by molar-refractivity contribution is 0.0939. The fourth-order valence-corrected chi connectivity index (χ4v) is 3.64. The van der Waals surface area contributed by atoms with E-state index in [-0.39, 0.29) is 11.1 Å². The number of unbranched alkanes of at least 4 members (excludes halogenated alkanes) is 3. The van der Waals surface area contributed by atoms with Crippen molar-refractivity contribution in [2.24, 2.45) is 0 Å². The SMILES string of the molecule is O=C(NCCCCCCNC(=O)c1cc2ccccc2oc1=O)c1cc2ccccc2oc1=O. The van der Waals surface area contributed by atoms with Crippen molar-refractivity contribution in [1.29, 1.82) is 0 Å². The quantitative estimate of drug-likeness (QED) is 0.291. The van der Waals surface area contributed by atoms with Crippen molar-refractivity contribution in [3.8, 4) is 0 Å². The maximum absolute atomic E-state index is 12.3. The normalized spacial score (nSPS) is 10.9. The van der Waals surface area contributed by atoms with E-state index in [4.69, 9.17) is 8.83 Å². The van der Waals surface area contributed by atoms with Crippen LogP contribution in [0, 0.1) is 0 Å². The fraction of sp³-hybridized carbons (Fsp3) is 0.231. The molecule has 0 aliphatic rings. The summed E-state index contributed by atoms with van der Waals surface area (Å²) >= 11 is 0. The summed E-state index contributed by atoms with van der Waals surface area (Å²) in [4.78, 5) is 48.7. The second-order valence-corrected chi connectivity index (χ2v) is 7.90. The molecule has 0 aliphatic heterocycles. The molecule has 0 spiro atoms. The Hall–Kier alpha value is -4.20. The van der Waals surface area contributed by atoms with Gasteiger partial charge in [-0.2, -0.15) is 0 Å². The third-order valence-electron chi connectivity index (χ3n) is 5.45. The van der Waals surface area contributed by atoms with Gasteiger partial charge in [0.05, 0.1) is 0 Å². The van der Waals surface area contributed by atoms with E-state index in [1.54, 1.807) is 36.4 Å². The average molecular weight is 460 g/mol. The molecule has 4 aromatic rings. The van der Waals surface area contributed by atoms with Crippen molar-refractivity contribution in [3.05, 3.63) is 92.6 Å². The van der Waals surface area contributed by atoms with Crippen LogP contribution in [-0.4, -0.2) is 24.9 Å². The van der Waals surface area contributed by atoms with Gasteiger partial charge in [-0.3, -0.25) is 9.59 Å². The maximum atomic E-state index is 12.3. The van der Waals surface area contributed by atoms with Crippen molar-refractivity contribution < 1.29 is 18.4 Å². The van der Waals surface area contributed by atoms with E-state index >= 15 is 0 Å². The van der Waals surface area contributed by atoms with Gasteiger partial charge in [-0.05, 0) is 37.1 Å². The fourth-order valence-electron chi connectivity index (χ4n) is 3.64. The lowest BCUT2D eigenvalue weighted by Crippen LogP contribution is -2.29. The number of amides is 2. The van der Waals surface area contributed by atoms with Gasteiger partial charge in [0.2, 0.25) is 0 Å². The molecule has 0 bridgehead atoms. The van der Waals surface area contributed by atoms with E-state index in [2.05, 4.69) is 10.6 Å². The Balaban J connectivity index is 1.16. The minimum absolute atomic E-state index is 0.0143. The average Bonchev–Trinajstić information content (AvgIpc) is 2.84. The molecule has 0 saturated heterocycles. The molecule has 2 N–H and O–H groups in total. The Morgan fingerprint density at radius 3 is 1.47 bits per heavy atom. The van der Waals surface area contributed by atoms with Crippen LogP contribution >= 0.6 is 0 Å². The van der Waals surface area contributed by atoms with E-state index < -0.39 is 23.1 Å². The van der Waals surface area contributed by atoms with Gasteiger partial charge >= 0.3 is 11.3 Å². The Morgan fingerprint density at radius 2 is 1.03 bits per heavy atom. The first-order valence-corrected chi connectivity index (χ1v) is 11.1. The highest BCUT2D eigenvalue weighted by atomic mass is 16.4. The third-order valence-corrected chi connectivity index (χ3v) is 5.45. The molecule has 2 amide bonds. The zero-order valence-electron chi connectivity index (χ0n) is 18.5. The lowest BCUT2D eigenvalue weighted by atomic mass is 10.1. The summed E-state index contributed by atoms with van der Waals surface area (Å²) in [6.45, 7) is 0.852. The molecule has 0 fully saturated rings. The summed E-state index contributed by atoms with van der Waals surface area (Å²) in [6, 6.07) is 17.1. The Labute approximate surface area is 194 Å². The molecule has 174 valence electrons. The Morgan fingerprint density at radius 1 is 0.618 bits per heavy atom. The van der Waals surface area contributed by atoms with Gasteiger partial charge in [0.25, 0.3) is 11.8 Å². The molecular weight excluding hydrogens is 436 g/mol. The highest BCUT2D eigenvalue weighted by Crippen LogP contribution is 2.13. The van der Waals surface area contributed by atoms with Crippen LogP contribution in [0.1, 0.15) is 46.4 Å². The molecule has 0 radical (unpaired) electrons. The van der Waals surface area contributed by atoms with Crippen molar-refractivity contribution >= 4 is 33.8 Å². The number of nitrogens with one attached hydrogen (secondary N) is 2. The van der Waals surface area contributed by atoms with E-state index in [0.29, 0.717) is 35.0 Å². The zero-order chi connectivity index (χ0) is 23.9. The number of para-hydroxylation sites is 2. The first-order valence-electron chi connectivity index (χ1n) is 11.1. The topological polar surface area (TPSA) is 119 Å². The highest BCUT2D eigenvalue weighted by Gasteiger charge is 2.14. The number of hydrogen-bond donors (Lipinski definition) is 2. The van der Waals surface area contributed by atoms with Gasteiger partial charge in [0, 0.05) is 23.9 Å². The standard InChI is InChI=1S/C26H24N2O6/c29-23(19-15-17-9-3-5-11-21(17)33-25(19)31)27-13-7-1-2-8-14-28-24(30)20-16-18-10-4-6-12-22(18)34-26(20)32/h3-6,9-12,15-16H,1-2,7-8,13-14H2,(H,27,29)(H,28,30). The first-order chi connectivity index (χ1) is 16.5. The molecule has 0 saturated carbocycles. The summed E-state index contributed by atoms with van der Waals surface area (Å²) < 4.78 is 10.4. The predicted molar refractivity (Wildman–Crippen MR) is 128 cm³/mol. The largest absolute Gasteiger partial charge is 0.422 e. The van der Waals surface area contributed by atoms with Gasteiger partial charge in [-0.25, -0.2) is 9.59 Å². The molecule has 0 unspecified atom stereocenters. The van der Waals surface area contributed by atoms with Crippen LogP contribution in [0.4, 0.5) is 0 Å². The third kappa shape index (κ3) is 5.40. The summed E-state index contributed by atoms with van der Waals surface area (Å²) in [6.07, 6.45) is 3.13. The molecule has 8 nitrogen and oxygen atoms in total. The van der Waals surface area contributed by atoms with Crippen LogP contribution in [0.3, 0.4) is 0 Å². The summed E-state index contributed by atoms with van der Waals surface area (Å²) in [5, 5.41) is 6.87. The van der Waals surface area contributed by atoms with E-state index in [9.17, 15) is 19.2 Å². The van der Waals surface area contributed by atoms with Crippen molar-refractivity contribution in [3.63, 3.8) is 0 Å². The predicted octanol–water partition coefficient (Wildman–Crippen LogP) is 3.62. The van der Waals surface area contributed by atoms with Gasteiger partial charge in [0.1, 0.15) is 22.3 Å². The van der Waals surface area contributed by atoms with Crippen LogP contribution in [0.5, 0.6) is 0 Å². The van der Waals surface area contributed by atoms with Gasteiger partial charge in [-0.15, -0.1) is 0 Å². The van der Waals surface area contributed by atoms with Crippen LogP contribution in [0.15, 0.2) is 79.1 Å². The highest BCUT2D eigenvalue weighted by molar-refractivity contribution is 5.97. The monoisotopic (exact) mass is 460 g/mol. The van der Waals surface area contributed by atoms with E-state index in [1.807, 2.05) is 12.1 Å². The molecule has 0 aliphatic carbocycles. The number of benzene rings is 2. The first kappa shape index (κ1) is 23.0. The van der Waals surface area contributed by atoms with Gasteiger partial charge in [-0.1, -0.05) is 49.2 Å². The molecule has 4 rings (SSSR count). The zero-order valence-corrected chi connectivity index (χ0v) is 18.5. The maximum Gasteiger partial charge on any atom is 0.349 e. The number of carbonyl (C=O) groups excluding carboxylic acids is 2. The molecular formula is C26H24N2O6. The molecule has 34 heavy (non-hydrogen) atoms. The number of fused-ring (bicyclic) bond motifs is 2. The lowest BCUT2D eigenvalue weighted by Gasteiger charge is -2.07. The summed E-state index contributed by atoms with van der Waals surface area (Å²) in [7, 11) is 0. The Bertz CT molecular complexity index is 1340. The van der Waals surface area contributed by atoms with Crippen LogP contribution in [-0.2, 0) is 0 Å². The van der Waals surface area contributed by atoms with E-state index in [1.165, 1.54) is 12.1 Å².